The van der Waals surface area contributed by atoms with Gasteiger partial charge >= 0.3 is 12.5 Å². The van der Waals surface area contributed by atoms with Crippen LogP contribution in [-0.4, -0.2) is 39.9 Å². The molecule has 1 N–H and O–H groups in total. The molecule has 1 aromatic rings. The summed E-state index contributed by atoms with van der Waals surface area (Å²) in [5.41, 5.74) is -3.09. The van der Waals surface area contributed by atoms with Crippen LogP contribution in [0.3, 0.4) is 0 Å². The van der Waals surface area contributed by atoms with Gasteiger partial charge in [0.1, 0.15) is 0 Å². The maximum atomic E-state index is 13.9. The third kappa shape index (κ3) is 3.39. The van der Waals surface area contributed by atoms with Crippen molar-refractivity contribution >= 4 is 11.6 Å². The minimum Gasteiger partial charge on any atom is -0.362 e. The molecule has 0 bridgehead atoms. The molecule has 0 aliphatic carbocycles. The zero-order valence-electron chi connectivity index (χ0n) is 12.6. The monoisotopic (exact) mass is 352 g/mol. The zero-order chi connectivity index (χ0) is 18.3. The first-order valence-electron chi connectivity index (χ1n) is 6.68. The lowest BCUT2D eigenvalue weighted by Gasteiger charge is -2.36. The first kappa shape index (κ1) is 18.3. The van der Waals surface area contributed by atoms with E-state index in [4.69, 9.17) is 0 Å². The van der Waals surface area contributed by atoms with Crippen molar-refractivity contribution < 1.29 is 36.6 Å². The van der Waals surface area contributed by atoms with Gasteiger partial charge in [0, 0.05) is 17.7 Å². The first-order valence-corrected chi connectivity index (χ1v) is 6.68. The number of benzene rings is 1. The number of hydrazone groups is 1. The van der Waals surface area contributed by atoms with Crippen molar-refractivity contribution in [3.8, 4) is 0 Å². The Bertz CT molecular complexity index is 672. The maximum Gasteiger partial charge on any atom is 0.527 e. The van der Waals surface area contributed by atoms with Crippen molar-refractivity contribution in [2.75, 3.05) is 0 Å². The fourth-order valence-corrected chi connectivity index (χ4v) is 2.21. The molecule has 1 atom stereocenters. The lowest BCUT2D eigenvalue weighted by molar-refractivity contribution is -0.468. The van der Waals surface area contributed by atoms with Gasteiger partial charge in [-0.1, -0.05) is 17.7 Å². The van der Waals surface area contributed by atoms with Gasteiger partial charge in [0.25, 0.3) is 11.6 Å². The average Bonchev–Trinajstić information content (AvgIpc) is 2.73. The highest BCUT2D eigenvalue weighted by Gasteiger charge is 2.66. The number of aliphatic hydroxyl groups is 1. The SMILES string of the molecule is CC1=NN(C(=O)c2ccc(C)cc2)[C@@](O)(C(F)(F)OC(F)(F)F)C1. The summed E-state index contributed by atoms with van der Waals surface area (Å²) >= 11 is 0. The number of nitrogens with zero attached hydrogens (tertiary/aromatic N) is 2. The van der Waals surface area contributed by atoms with E-state index in [1.165, 1.54) is 31.2 Å². The van der Waals surface area contributed by atoms with Crippen LogP contribution in [0, 0.1) is 6.92 Å². The van der Waals surface area contributed by atoms with Gasteiger partial charge in [0.05, 0.1) is 0 Å². The van der Waals surface area contributed by atoms with Gasteiger partial charge in [-0.05, 0) is 26.0 Å². The Morgan fingerprint density at radius 3 is 2.25 bits per heavy atom. The van der Waals surface area contributed by atoms with Crippen LogP contribution in [-0.2, 0) is 4.74 Å². The van der Waals surface area contributed by atoms with E-state index < -0.39 is 30.5 Å². The number of hydrogen-bond acceptors (Lipinski definition) is 4. The molecule has 24 heavy (non-hydrogen) atoms. The molecule has 2 rings (SSSR count). The summed E-state index contributed by atoms with van der Waals surface area (Å²) in [6.45, 7) is 2.91. The standard InChI is InChI=1S/C14H13F5N2O3/c1-8-3-5-10(6-4-8)11(22)21-12(23,7-9(2)20-21)13(15,16)24-14(17,18)19/h3-6,23H,7H2,1-2H3/t12-/m0/s1. The summed E-state index contributed by atoms with van der Waals surface area (Å²) in [7, 11) is 0. The summed E-state index contributed by atoms with van der Waals surface area (Å²) in [5.74, 6) is -1.18. The molecular formula is C14H13F5N2O3. The third-order valence-electron chi connectivity index (χ3n) is 3.32. The summed E-state index contributed by atoms with van der Waals surface area (Å²) in [6, 6.07) is 5.57. The lowest BCUT2D eigenvalue weighted by Crippen LogP contribution is -2.61. The topological polar surface area (TPSA) is 62.1 Å². The molecule has 1 aliphatic heterocycles. The van der Waals surface area contributed by atoms with Gasteiger partial charge in [0.2, 0.25) is 0 Å². The molecule has 1 aliphatic rings. The van der Waals surface area contributed by atoms with Crippen LogP contribution in [0.25, 0.3) is 0 Å². The molecule has 0 fully saturated rings. The molecule has 0 spiro atoms. The molecule has 0 saturated heterocycles. The van der Waals surface area contributed by atoms with Crippen LogP contribution in [0.1, 0.15) is 29.3 Å². The molecule has 0 saturated carbocycles. The van der Waals surface area contributed by atoms with E-state index in [-0.39, 0.29) is 16.3 Å². The van der Waals surface area contributed by atoms with Gasteiger partial charge in [-0.25, -0.2) is 4.74 Å². The number of halogens is 5. The van der Waals surface area contributed by atoms with Crippen molar-refractivity contribution in [1.29, 1.82) is 0 Å². The second-order valence-corrected chi connectivity index (χ2v) is 5.38. The van der Waals surface area contributed by atoms with E-state index in [1.54, 1.807) is 6.92 Å². The van der Waals surface area contributed by atoms with Gasteiger partial charge in [-0.15, -0.1) is 13.2 Å². The molecule has 5 nitrogen and oxygen atoms in total. The van der Waals surface area contributed by atoms with Gasteiger partial charge < -0.3 is 5.11 Å². The predicted molar refractivity (Wildman–Crippen MR) is 72.1 cm³/mol. The molecule has 0 unspecified atom stereocenters. The number of aryl methyl sites for hydroxylation is 1. The van der Waals surface area contributed by atoms with Crippen LogP contribution in [0.4, 0.5) is 22.0 Å². The minimum absolute atomic E-state index is 0.0707. The van der Waals surface area contributed by atoms with Gasteiger partial charge in [-0.2, -0.15) is 18.9 Å². The number of alkyl halides is 5. The van der Waals surface area contributed by atoms with E-state index >= 15 is 0 Å². The van der Waals surface area contributed by atoms with Crippen LogP contribution in [0.15, 0.2) is 29.4 Å². The highest BCUT2D eigenvalue weighted by Crippen LogP contribution is 2.43. The van der Waals surface area contributed by atoms with Crippen LogP contribution >= 0.6 is 0 Å². The van der Waals surface area contributed by atoms with Crippen molar-refractivity contribution in [1.82, 2.24) is 5.01 Å². The summed E-state index contributed by atoms with van der Waals surface area (Å²) in [5, 5.41) is 13.5. The Hall–Kier alpha value is -2.07. The second kappa shape index (κ2) is 5.78. The Kier molecular flexibility index (Phi) is 4.40. The second-order valence-electron chi connectivity index (χ2n) is 5.38. The zero-order valence-corrected chi connectivity index (χ0v) is 12.6. The first-order chi connectivity index (χ1) is 10.9. The molecular weight excluding hydrogens is 339 g/mol. The van der Waals surface area contributed by atoms with Crippen molar-refractivity contribution in [2.24, 2.45) is 5.10 Å². The van der Waals surface area contributed by atoms with Crippen molar-refractivity contribution in [3.63, 3.8) is 0 Å². The highest BCUT2D eigenvalue weighted by molar-refractivity contribution is 5.97. The molecule has 0 aromatic heterocycles. The molecule has 1 aromatic carbocycles. The smallest absolute Gasteiger partial charge is 0.362 e. The number of carbonyl (C=O) groups is 1. The number of amides is 1. The van der Waals surface area contributed by atoms with Crippen LogP contribution < -0.4 is 0 Å². The van der Waals surface area contributed by atoms with E-state index in [9.17, 15) is 31.9 Å². The largest absolute Gasteiger partial charge is 0.527 e. The third-order valence-corrected chi connectivity index (χ3v) is 3.32. The highest BCUT2D eigenvalue weighted by atomic mass is 19.4. The molecule has 0 radical (unpaired) electrons. The molecule has 1 heterocycles. The number of ether oxygens (including phenoxy) is 1. The van der Waals surface area contributed by atoms with E-state index in [0.29, 0.717) is 0 Å². The normalized spacial score (nSPS) is 21.8. The predicted octanol–water partition coefficient (Wildman–Crippen LogP) is 3.03. The number of hydrogen-bond donors (Lipinski definition) is 1. The summed E-state index contributed by atoms with van der Waals surface area (Å²) in [4.78, 5) is 12.3. The Balaban J connectivity index is 2.39. The maximum absolute atomic E-state index is 13.9. The number of rotatable bonds is 3. The average molecular weight is 352 g/mol. The van der Waals surface area contributed by atoms with E-state index in [2.05, 4.69) is 9.84 Å². The number of carbonyl (C=O) groups excluding carboxylic acids is 1. The Morgan fingerprint density at radius 2 is 1.75 bits per heavy atom. The van der Waals surface area contributed by atoms with Crippen LogP contribution in [0.2, 0.25) is 0 Å². The lowest BCUT2D eigenvalue weighted by atomic mass is 10.1. The summed E-state index contributed by atoms with van der Waals surface area (Å²) in [6.07, 6.45) is -11.8. The molecule has 1 amide bonds. The van der Waals surface area contributed by atoms with Crippen molar-refractivity contribution in [2.45, 2.75) is 38.5 Å². The Morgan fingerprint density at radius 1 is 1.21 bits per heavy atom. The quantitative estimate of drug-likeness (QED) is 0.851. The molecule has 10 heteroatoms. The minimum atomic E-state index is -5.71. The van der Waals surface area contributed by atoms with E-state index in [1.807, 2.05) is 0 Å². The fourth-order valence-electron chi connectivity index (χ4n) is 2.21. The Labute approximate surface area is 133 Å². The van der Waals surface area contributed by atoms with Crippen molar-refractivity contribution in [3.05, 3.63) is 35.4 Å². The van der Waals surface area contributed by atoms with Gasteiger partial charge in [-0.3, -0.25) is 4.79 Å². The fraction of sp³-hybridized carbons (Fsp3) is 0.429. The van der Waals surface area contributed by atoms with Gasteiger partial charge in [0.15, 0.2) is 0 Å². The molecule has 132 valence electrons. The van der Waals surface area contributed by atoms with E-state index in [0.717, 1.165) is 5.56 Å². The van der Waals surface area contributed by atoms with Crippen LogP contribution in [0.5, 0.6) is 0 Å². The summed E-state index contributed by atoms with van der Waals surface area (Å²) < 4.78 is 67.2.